The Labute approximate surface area is 95.8 Å². The second-order valence-corrected chi connectivity index (χ2v) is 3.27. The zero-order valence-corrected chi connectivity index (χ0v) is 8.53. The molecule has 0 saturated heterocycles. The summed E-state index contributed by atoms with van der Waals surface area (Å²) in [6, 6.07) is 5.29. The number of rotatable bonds is 2. The molecule has 6 heteroatoms. The van der Waals surface area contributed by atoms with Crippen molar-refractivity contribution >= 4 is 5.97 Å². The number of phenolic OH excluding ortho intramolecular Hbond substituents is 2. The monoisotopic (exact) mass is 232 g/mol. The van der Waals surface area contributed by atoms with Crippen LogP contribution in [0, 0.1) is 0 Å². The van der Waals surface area contributed by atoms with Gasteiger partial charge in [0, 0.05) is 11.8 Å². The fourth-order valence-corrected chi connectivity index (χ4v) is 1.28. The zero-order chi connectivity index (χ0) is 12.4. The van der Waals surface area contributed by atoms with E-state index in [2.05, 4.69) is 9.97 Å². The Morgan fingerprint density at radius 2 is 1.88 bits per heavy atom. The van der Waals surface area contributed by atoms with Crippen LogP contribution in [0.2, 0.25) is 0 Å². The molecular formula is C11H8N2O4. The van der Waals surface area contributed by atoms with E-state index in [-0.39, 0.29) is 23.0 Å². The first kappa shape index (κ1) is 10.9. The predicted molar refractivity (Wildman–Crippen MR) is 57.8 cm³/mol. The van der Waals surface area contributed by atoms with Crippen molar-refractivity contribution < 1.29 is 20.1 Å². The van der Waals surface area contributed by atoms with E-state index in [9.17, 15) is 9.90 Å². The molecule has 0 radical (unpaired) electrons. The summed E-state index contributed by atoms with van der Waals surface area (Å²) in [7, 11) is 0. The average molecular weight is 232 g/mol. The van der Waals surface area contributed by atoms with Gasteiger partial charge in [-0.3, -0.25) is 0 Å². The van der Waals surface area contributed by atoms with Gasteiger partial charge in [-0.25, -0.2) is 14.8 Å². The van der Waals surface area contributed by atoms with Crippen molar-refractivity contribution in [1.82, 2.24) is 9.97 Å². The molecule has 0 atom stereocenters. The van der Waals surface area contributed by atoms with E-state index in [0.29, 0.717) is 5.56 Å². The third kappa shape index (κ3) is 2.15. The minimum atomic E-state index is -1.16. The highest BCUT2D eigenvalue weighted by molar-refractivity contribution is 5.85. The lowest BCUT2D eigenvalue weighted by molar-refractivity contribution is 0.0690. The summed E-state index contributed by atoms with van der Waals surface area (Å²) in [6.07, 6.45) is 1.32. The molecule has 6 nitrogen and oxygen atoms in total. The minimum absolute atomic E-state index is 0.137. The lowest BCUT2D eigenvalue weighted by atomic mass is 10.2. The van der Waals surface area contributed by atoms with Crippen molar-refractivity contribution in [2.45, 2.75) is 0 Å². The highest BCUT2D eigenvalue weighted by Crippen LogP contribution is 2.28. The van der Waals surface area contributed by atoms with Crippen molar-refractivity contribution in [3.63, 3.8) is 0 Å². The van der Waals surface area contributed by atoms with E-state index in [4.69, 9.17) is 10.2 Å². The van der Waals surface area contributed by atoms with E-state index >= 15 is 0 Å². The molecule has 2 rings (SSSR count). The van der Waals surface area contributed by atoms with E-state index in [0.717, 1.165) is 0 Å². The number of carboxylic acid groups (broad SMARTS) is 1. The average Bonchev–Trinajstić information content (AvgIpc) is 2.33. The quantitative estimate of drug-likeness (QED) is 0.673. The molecule has 0 spiro atoms. The number of hydrogen-bond donors (Lipinski definition) is 3. The minimum Gasteiger partial charge on any atom is -0.504 e. The highest BCUT2D eigenvalue weighted by Gasteiger charge is 2.09. The molecule has 0 aliphatic rings. The first-order valence-electron chi connectivity index (χ1n) is 4.66. The molecule has 0 saturated carbocycles. The van der Waals surface area contributed by atoms with Crippen molar-refractivity contribution in [1.29, 1.82) is 0 Å². The molecule has 0 aliphatic carbocycles. The van der Waals surface area contributed by atoms with Crippen LogP contribution in [0.3, 0.4) is 0 Å². The Balaban J connectivity index is 2.49. The van der Waals surface area contributed by atoms with Crippen molar-refractivity contribution in [3.05, 3.63) is 36.2 Å². The van der Waals surface area contributed by atoms with Crippen LogP contribution in [0.5, 0.6) is 11.5 Å². The van der Waals surface area contributed by atoms with Gasteiger partial charge in [0.2, 0.25) is 0 Å². The summed E-state index contributed by atoms with van der Waals surface area (Å²) in [4.78, 5) is 18.4. The summed E-state index contributed by atoms with van der Waals surface area (Å²) in [5, 5.41) is 27.2. The third-order valence-electron chi connectivity index (χ3n) is 2.11. The number of phenols is 2. The molecule has 3 N–H and O–H groups in total. The molecule has 1 aromatic heterocycles. The standard InChI is InChI=1S/C11H8N2O4/c14-8-2-1-6(5-9(8)15)10-12-4-3-7(13-10)11(16)17/h1-5,14-15H,(H,16,17). The maximum absolute atomic E-state index is 10.7. The fourth-order valence-electron chi connectivity index (χ4n) is 1.28. The molecule has 2 aromatic rings. The second kappa shape index (κ2) is 4.09. The molecule has 0 bridgehead atoms. The van der Waals surface area contributed by atoms with Crippen molar-refractivity contribution in [2.24, 2.45) is 0 Å². The van der Waals surface area contributed by atoms with Crippen molar-refractivity contribution in [2.75, 3.05) is 0 Å². The second-order valence-electron chi connectivity index (χ2n) is 3.27. The fraction of sp³-hybridized carbons (Fsp3) is 0. The van der Waals surface area contributed by atoms with Crippen LogP contribution in [0.4, 0.5) is 0 Å². The van der Waals surface area contributed by atoms with Gasteiger partial charge in [0.25, 0.3) is 0 Å². The van der Waals surface area contributed by atoms with Crippen LogP contribution in [-0.4, -0.2) is 31.3 Å². The topological polar surface area (TPSA) is 104 Å². The van der Waals surface area contributed by atoms with Gasteiger partial charge in [-0.15, -0.1) is 0 Å². The van der Waals surface area contributed by atoms with Gasteiger partial charge in [0.05, 0.1) is 0 Å². The van der Waals surface area contributed by atoms with E-state index < -0.39 is 5.97 Å². The zero-order valence-electron chi connectivity index (χ0n) is 8.53. The number of hydrogen-bond acceptors (Lipinski definition) is 5. The van der Waals surface area contributed by atoms with E-state index in [1.807, 2.05) is 0 Å². The van der Waals surface area contributed by atoms with Gasteiger partial charge in [0.15, 0.2) is 23.0 Å². The van der Waals surface area contributed by atoms with Crippen LogP contribution in [0.15, 0.2) is 30.5 Å². The highest BCUT2D eigenvalue weighted by atomic mass is 16.4. The summed E-state index contributed by atoms with van der Waals surface area (Å²) < 4.78 is 0. The number of aromatic nitrogens is 2. The van der Waals surface area contributed by atoms with Crippen LogP contribution >= 0.6 is 0 Å². The summed E-state index contributed by atoms with van der Waals surface area (Å²) in [6.45, 7) is 0. The smallest absolute Gasteiger partial charge is 0.354 e. The molecule has 0 amide bonds. The van der Waals surface area contributed by atoms with Gasteiger partial charge < -0.3 is 15.3 Å². The molecule has 86 valence electrons. The number of aromatic carboxylic acids is 1. The Kier molecular flexibility index (Phi) is 2.61. The largest absolute Gasteiger partial charge is 0.504 e. The summed E-state index contributed by atoms with van der Waals surface area (Å²) >= 11 is 0. The first-order chi connectivity index (χ1) is 8.08. The maximum atomic E-state index is 10.7. The number of carbonyl (C=O) groups is 1. The lowest BCUT2D eigenvalue weighted by Gasteiger charge is -2.02. The number of carboxylic acids is 1. The van der Waals surface area contributed by atoms with Crippen LogP contribution < -0.4 is 0 Å². The van der Waals surface area contributed by atoms with Gasteiger partial charge in [0.1, 0.15) is 0 Å². The number of aromatic hydroxyl groups is 2. The predicted octanol–water partition coefficient (Wildman–Crippen LogP) is 1.25. The molecule has 17 heavy (non-hydrogen) atoms. The molecule has 0 aliphatic heterocycles. The lowest BCUT2D eigenvalue weighted by Crippen LogP contribution is -2.02. The van der Waals surface area contributed by atoms with Gasteiger partial charge in [-0.1, -0.05) is 0 Å². The molecular weight excluding hydrogens is 224 g/mol. The van der Waals surface area contributed by atoms with Gasteiger partial charge >= 0.3 is 5.97 Å². The normalized spacial score (nSPS) is 10.1. The Morgan fingerprint density at radius 1 is 1.12 bits per heavy atom. The van der Waals surface area contributed by atoms with Crippen LogP contribution in [0.25, 0.3) is 11.4 Å². The SMILES string of the molecule is O=C(O)c1ccnc(-c2ccc(O)c(O)c2)n1. The number of benzene rings is 1. The molecule has 0 unspecified atom stereocenters. The maximum Gasteiger partial charge on any atom is 0.354 e. The Bertz CT molecular complexity index is 583. The molecule has 0 fully saturated rings. The Morgan fingerprint density at radius 3 is 2.53 bits per heavy atom. The van der Waals surface area contributed by atoms with Crippen LogP contribution in [0.1, 0.15) is 10.5 Å². The Hall–Kier alpha value is -2.63. The first-order valence-corrected chi connectivity index (χ1v) is 4.66. The van der Waals surface area contributed by atoms with E-state index in [1.165, 1.54) is 30.5 Å². The molecule has 1 aromatic carbocycles. The van der Waals surface area contributed by atoms with Crippen LogP contribution in [-0.2, 0) is 0 Å². The summed E-state index contributed by atoms with van der Waals surface area (Å²) in [5.41, 5.74) is 0.283. The number of nitrogens with zero attached hydrogens (tertiary/aromatic N) is 2. The van der Waals surface area contributed by atoms with E-state index in [1.54, 1.807) is 0 Å². The van der Waals surface area contributed by atoms with Gasteiger partial charge in [-0.05, 0) is 24.3 Å². The van der Waals surface area contributed by atoms with Crippen molar-refractivity contribution in [3.8, 4) is 22.9 Å². The molecule has 1 heterocycles. The van der Waals surface area contributed by atoms with Gasteiger partial charge in [-0.2, -0.15) is 0 Å². The third-order valence-corrected chi connectivity index (χ3v) is 2.11. The summed E-state index contributed by atoms with van der Waals surface area (Å²) in [5.74, 6) is -1.56.